The van der Waals surface area contributed by atoms with Gasteiger partial charge in [0.25, 0.3) is 0 Å². The summed E-state index contributed by atoms with van der Waals surface area (Å²) in [6.45, 7) is 3.47. The van der Waals surface area contributed by atoms with Crippen LogP contribution in [0.3, 0.4) is 0 Å². The molecule has 104 valence electrons. The molecule has 1 N–H and O–H groups in total. The Morgan fingerprint density at radius 1 is 1.05 bits per heavy atom. The van der Waals surface area contributed by atoms with Gasteiger partial charge in [-0.2, -0.15) is 0 Å². The van der Waals surface area contributed by atoms with Crippen molar-refractivity contribution in [2.75, 3.05) is 25.0 Å². The van der Waals surface area contributed by atoms with Crippen LogP contribution in [0, 0.1) is 5.41 Å². The van der Waals surface area contributed by atoms with Crippen LogP contribution in [0.15, 0.2) is 24.3 Å². The predicted octanol–water partition coefficient (Wildman–Crippen LogP) is 3.57. The molecule has 2 nitrogen and oxygen atoms in total. The van der Waals surface area contributed by atoms with E-state index in [1.807, 2.05) is 7.05 Å². The maximum absolute atomic E-state index is 3.29. The Bertz CT molecular complexity index is 411. The SMILES string of the molecule is CNCc1ccccc1N1CCC2(CCCC2)CC1. The second kappa shape index (κ2) is 5.54. The highest BCUT2D eigenvalue weighted by atomic mass is 15.1. The zero-order chi connectivity index (χ0) is 13.1. The monoisotopic (exact) mass is 258 g/mol. The van der Waals surface area contributed by atoms with Gasteiger partial charge in [-0.3, -0.25) is 0 Å². The van der Waals surface area contributed by atoms with E-state index in [9.17, 15) is 0 Å². The number of nitrogens with zero attached hydrogens (tertiary/aromatic N) is 1. The van der Waals surface area contributed by atoms with E-state index in [0.717, 1.165) is 6.54 Å². The van der Waals surface area contributed by atoms with Crippen molar-refractivity contribution in [3.63, 3.8) is 0 Å². The molecular formula is C17H26N2. The number of anilines is 1. The number of hydrogen-bond donors (Lipinski definition) is 1. The van der Waals surface area contributed by atoms with E-state index in [1.165, 1.54) is 62.9 Å². The van der Waals surface area contributed by atoms with Gasteiger partial charge >= 0.3 is 0 Å². The van der Waals surface area contributed by atoms with Crippen LogP contribution in [0.5, 0.6) is 0 Å². The van der Waals surface area contributed by atoms with Gasteiger partial charge in [-0.1, -0.05) is 31.0 Å². The first-order chi connectivity index (χ1) is 9.33. The second-order valence-electron chi connectivity index (χ2n) is 6.35. The lowest BCUT2D eigenvalue weighted by Crippen LogP contribution is -2.39. The lowest BCUT2D eigenvalue weighted by atomic mass is 9.77. The summed E-state index contributed by atoms with van der Waals surface area (Å²) in [6, 6.07) is 8.87. The van der Waals surface area contributed by atoms with Crippen LogP contribution in [0.2, 0.25) is 0 Å². The summed E-state index contributed by atoms with van der Waals surface area (Å²) in [5, 5.41) is 3.29. The van der Waals surface area contributed by atoms with E-state index >= 15 is 0 Å². The number of hydrogen-bond acceptors (Lipinski definition) is 2. The predicted molar refractivity (Wildman–Crippen MR) is 81.6 cm³/mol. The van der Waals surface area contributed by atoms with Gasteiger partial charge in [0.2, 0.25) is 0 Å². The van der Waals surface area contributed by atoms with Crippen molar-refractivity contribution in [3.8, 4) is 0 Å². The molecule has 0 unspecified atom stereocenters. The Balaban J connectivity index is 1.71. The quantitative estimate of drug-likeness (QED) is 0.891. The molecule has 1 aromatic rings. The fraction of sp³-hybridized carbons (Fsp3) is 0.647. The van der Waals surface area contributed by atoms with Crippen LogP contribution in [0.4, 0.5) is 5.69 Å². The first-order valence-electron chi connectivity index (χ1n) is 7.80. The van der Waals surface area contributed by atoms with E-state index in [4.69, 9.17) is 0 Å². The molecule has 3 rings (SSSR count). The Morgan fingerprint density at radius 2 is 1.74 bits per heavy atom. The van der Waals surface area contributed by atoms with Gasteiger partial charge in [0.05, 0.1) is 0 Å². The fourth-order valence-corrected chi connectivity index (χ4v) is 4.01. The Hall–Kier alpha value is -1.02. The molecule has 19 heavy (non-hydrogen) atoms. The molecule has 1 aliphatic heterocycles. The second-order valence-corrected chi connectivity index (χ2v) is 6.35. The minimum absolute atomic E-state index is 0.717. The van der Waals surface area contributed by atoms with E-state index in [0.29, 0.717) is 5.41 Å². The molecule has 2 heteroatoms. The molecule has 0 amide bonds. The van der Waals surface area contributed by atoms with Crippen molar-refractivity contribution >= 4 is 5.69 Å². The number of nitrogens with one attached hydrogen (secondary N) is 1. The van der Waals surface area contributed by atoms with Crippen molar-refractivity contribution in [2.24, 2.45) is 5.41 Å². The van der Waals surface area contributed by atoms with Gasteiger partial charge in [-0.25, -0.2) is 0 Å². The third kappa shape index (κ3) is 2.64. The zero-order valence-corrected chi connectivity index (χ0v) is 12.1. The molecule has 0 atom stereocenters. The number of rotatable bonds is 3. The summed E-state index contributed by atoms with van der Waals surface area (Å²) in [4.78, 5) is 2.61. The Kier molecular flexibility index (Phi) is 3.79. The van der Waals surface area contributed by atoms with Crippen LogP contribution < -0.4 is 10.2 Å². The summed E-state index contributed by atoms with van der Waals surface area (Å²) in [5.74, 6) is 0. The van der Waals surface area contributed by atoms with Crippen molar-refractivity contribution in [1.29, 1.82) is 0 Å². The van der Waals surface area contributed by atoms with E-state index in [1.54, 1.807) is 0 Å². The summed E-state index contributed by atoms with van der Waals surface area (Å²) in [7, 11) is 2.03. The molecule has 0 radical (unpaired) electrons. The molecule has 2 aliphatic rings. The number of benzene rings is 1. The van der Waals surface area contributed by atoms with Crippen LogP contribution in [0.25, 0.3) is 0 Å². The van der Waals surface area contributed by atoms with Crippen molar-refractivity contribution in [3.05, 3.63) is 29.8 Å². The fourth-order valence-electron chi connectivity index (χ4n) is 4.01. The Labute approximate surface area is 117 Å². The summed E-state index contributed by atoms with van der Waals surface area (Å²) in [5.41, 5.74) is 3.60. The molecule has 1 saturated carbocycles. The highest BCUT2D eigenvalue weighted by Gasteiger charge is 2.37. The third-order valence-corrected chi connectivity index (χ3v) is 5.19. The summed E-state index contributed by atoms with van der Waals surface area (Å²) in [6.07, 6.45) is 8.71. The minimum Gasteiger partial charge on any atom is -0.371 e. The lowest BCUT2D eigenvalue weighted by Gasteiger charge is -2.41. The zero-order valence-electron chi connectivity index (χ0n) is 12.1. The van der Waals surface area contributed by atoms with E-state index in [-0.39, 0.29) is 0 Å². The van der Waals surface area contributed by atoms with Gasteiger partial charge in [0.1, 0.15) is 0 Å². The molecule has 2 fully saturated rings. The molecule has 0 aromatic heterocycles. The summed E-state index contributed by atoms with van der Waals surface area (Å²) >= 11 is 0. The summed E-state index contributed by atoms with van der Waals surface area (Å²) < 4.78 is 0. The van der Waals surface area contributed by atoms with Gasteiger partial charge in [-0.15, -0.1) is 0 Å². The standard InChI is InChI=1S/C17H26N2/c1-18-14-15-6-2-3-7-16(15)19-12-10-17(11-13-19)8-4-5-9-17/h2-3,6-7,18H,4-5,8-14H2,1H3. The topological polar surface area (TPSA) is 15.3 Å². The normalized spacial score (nSPS) is 22.1. The van der Waals surface area contributed by atoms with Gasteiger partial charge in [0.15, 0.2) is 0 Å². The lowest BCUT2D eigenvalue weighted by molar-refractivity contribution is 0.226. The van der Waals surface area contributed by atoms with Crippen LogP contribution in [-0.2, 0) is 6.54 Å². The first-order valence-corrected chi connectivity index (χ1v) is 7.80. The molecule has 1 heterocycles. The van der Waals surface area contributed by atoms with Crippen molar-refractivity contribution < 1.29 is 0 Å². The van der Waals surface area contributed by atoms with Crippen LogP contribution >= 0.6 is 0 Å². The first kappa shape index (κ1) is 13.0. The number of para-hydroxylation sites is 1. The van der Waals surface area contributed by atoms with Crippen molar-refractivity contribution in [1.82, 2.24) is 5.32 Å². The maximum Gasteiger partial charge on any atom is 0.0411 e. The van der Waals surface area contributed by atoms with Gasteiger partial charge < -0.3 is 10.2 Å². The molecular weight excluding hydrogens is 232 g/mol. The van der Waals surface area contributed by atoms with Crippen molar-refractivity contribution in [2.45, 2.75) is 45.1 Å². The van der Waals surface area contributed by atoms with E-state index in [2.05, 4.69) is 34.5 Å². The smallest absolute Gasteiger partial charge is 0.0411 e. The highest BCUT2D eigenvalue weighted by molar-refractivity contribution is 5.54. The van der Waals surface area contributed by atoms with Crippen LogP contribution in [-0.4, -0.2) is 20.1 Å². The largest absolute Gasteiger partial charge is 0.371 e. The van der Waals surface area contributed by atoms with Gasteiger partial charge in [-0.05, 0) is 49.8 Å². The molecule has 0 bridgehead atoms. The average Bonchev–Trinajstić information content (AvgIpc) is 2.89. The molecule has 1 aliphatic carbocycles. The Morgan fingerprint density at radius 3 is 2.42 bits per heavy atom. The number of piperidine rings is 1. The minimum atomic E-state index is 0.717. The van der Waals surface area contributed by atoms with Gasteiger partial charge in [0, 0.05) is 25.3 Å². The molecule has 1 aromatic carbocycles. The maximum atomic E-state index is 3.29. The van der Waals surface area contributed by atoms with Crippen LogP contribution in [0.1, 0.15) is 44.1 Å². The highest BCUT2D eigenvalue weighted by Crippen LogP contribution is 2.46. The molecule has 1 spiro atoms. The third-order valence-electron chi connectivity index (χ3n) is 5.19. The average molecular weight is 258 g/mol. The molecule has 1 saturated heterocycles. The van der Waals surface area contributed by atoms with E-state index < -0.39 is 0 Å².